The first-order chi connectivity index (χ1) is 8.42. The van der Waals surface area contributed by atoms with Crippen molar-refractivity contribution in [2.75, 3.05) is 18.1 Å². The quantitative estimate of drug-likeness (QED) is 0.711. The van der Waals surface area contributed by atoms with Crippen LogP contribution in [0, 0.1) is 0 Å². The number of carbonyl (C=O) groups is 2. The number of amides is 2. The van der Waals surface area contributed by atoms with Crippen molar-refractivity contribution in [3.63, 3.8) is 0 Å². The monoisotopic (exact) mass is 276 g/mol. The molecule has 0 aromatic heterocycles. The minimum atomic E-state index is -0.985. The van der Waals surface area contributed by atoms with Gasteiger partial charge in [-0.15, -0.1) is 0 Å². The van der Waals surface area contributed by atoms with Crippen LogP contribution in [0.1, 0.15) is 34.1 Å². The van der Waals surface area contributed by atoms with Crippen molar-refractivity contribution < 1.29 is 14.7 Å². The largest absolute Gasteiger partial charge is 0.480 e. The molecule has 0 spiro atoms. The van der Waals surface area contributed by atoms with E-state index in [1.165, 1.54) is 4.90 Å². The zero-order chi connectivity index (χ0) is 14.1. The van der Waals surface area contributed by atoms with Gasteiger partial charge in [0.05, 0.1) is 0 Å². The molecule has 2 amide bonds. The molecule has 6 heteroatoms. The van der Waals surface area contributed by atoms with Crippen molar-refractivity contribution in [3.8, 4) is 0 Å². The molecule has 18 heavy (non-hydrogen) atoms. The molecule has 0 aliphatic heterocycles. The zero-order valence-electron chi connectivity index (χ0n) is 11.6. The van der Waals surface area contributed by atoms with Gasteiger partial charge in [-0.25, -0.2) is 4.79 Å². The molecule has 0 aromatic carbocycles. The third kappa shape index (κ3) is 6.74. The van der Waals surface area contributed by atoms with E-state index >= 15 is 0 Å². The van der Waals surface area contributed by atoms with Crippen LogP contribution >= 0.6 is 11.8 Å². The van der Waals surface area contributed by atoms with Gasteiger partial charge in [-0.3, -0.25) is 4.79 Å². The lowest BCUT2D eigenvalue weighted by Gasteiger charge is -2.28. The van der Waals surface area contributed by atoms with E-state index in [1.807, 2.05) is 20.8 Å². The topological polar surface area (TPSA) is 69.6 Å². The smallest absolute Gasteiger partial charge is 0.323 e. The molecule has 5 nitrogen and oxygen atoms in total. The summed E-state index contributed by atoms with van der Waals surface area (Å²) in [5.41, 5.74) is 0. The van der Waals surface area contributed by atoms with Crippen LogP contribution in [0.25, 0.3) is 0 Å². The van der Waals surface area contributed by atoms with Crippen molar-refractivity contribution in [1.82, 2.24) is 10.2 Å². The van der Waals surface area contributed by atoms with Crippen molar-refractivity contribution in [2.24, 2.45) is 0 Å². The van der Waals surface area contributed by atoms with Crippen LogP contribution in [-0.4, -0.2) is 52.1 Å². The van der Waals surface area contributed by atoms with Crippen LogP contribution < -0.4 is 5.32 Å². The summed E-state index contributed by atoms with van der Waals surface area (Å²) in [7, 11) is 0. The Balaban J connectivity index is 4.41. The summed E-state index contributed by atoms with van der Waals surface area (Å²) in [4.78, 5) is 24.1. The number of nitrogens with one attached hydrogen (secondary N) is 1. The molecular weight excluding hydrogens is 252 g/mol. The highest BCUT2D eigenvalue weighted by Crippen LogP contribution is 2.06. The van der Waals surface area contributed by atoms with Crippen LogP contribution in [0.15, 0.2) is 0 Å². The van der Waals surface area contributed by atoms with Crippen LogP contribution in [-0.2, 0) is 4.79 Å². The van der Waals surface area contributed by atoms with Crippen molar-refractivity contribution >= 4 is 23.8 Å². The van der Waals surface area contributed by atoms with Crippen LogP contribution in [0.3, 0.4) is 0 Å². The standard InChI is InChI=1S/C12H24N2O3S/c1-5-10(4)14(7-11(15)16)12(17)13-9(3)8-18-6-2/h9-10H,5-8H2,1-4H3,(H,13,17)(H,15,16). The molecule has 2 N–H and O–H groups in total. The Morgan fingerprint density at radius 2 is 1.94 bits per heavy atom. The number of thioether (sulfide) groups is 1. The number of carboxylic acid groups (broad SMARTS) is 1. The maximum absolute atomic E-state index is 12.0. The molecule has 0 saturated heterocycles. The second-order valence-corrected chi connectivity index (χ2v) is 5.61. The van der Waals surface area contributed by atoms with Crippen LogP contribution in [0.4, 0.5) is 4.79 Å². The summed E-state index contributed by atoms with van der Waals surface area (Å²) >= 11 is 1.75. The van der Waals surface area contributed by atoms with Crippen LogP contribution in [0.5, 0.6) is 0 Å². The summed E-state index contributed by atoms with van der Waals surface area (Å²) in [6.45, 7) is 7.52. The third-order valence-electron chi connectivity index (χ3n) is 2.63. The summed E-state index contributed by atoms with van der Waals surface area (Å²) in [5, 5.41) is 11.7. The first kappa shape index (κ1) is 17.1. The van der Waals surface area contributed by atoms with Gasteiger partial charge in [-0.05, 0) is 26.0 Å². The fourth-order valence-electron chi connectivity index (χ4n) is 1.42. The third-order valence-corrected chi connectivity index (χ3v) is 3.78. The molecule has 0 fully saturated rings. The highest BCUT2D eigenvalue weighted by Gasteiger charge is 2.22. The van der Waals surface area contributed by atoms with E-state index in [0.29, 0.717) is 0 Å². The van der Waals surface area contributed by atoms with E-state index in [-0.39, 0.29) is 24.7 Å². The molecule has 0 aliphatic carbocycles. The maximum atomic E-state index is 12.0. The van der Waals surface area contributed by atoms with Gasteiger partial charge in [0, 0.05) is 17.8 Å². The molecule has 0 saturated carbocycles. The highest BCUT2D eigenvalue weighted by atomic mass is 32.2. The Bertz CT molecular complexity index is 274. The lowest BCUT2D eigenvalue weighted by atomic mass is 10.2. The van der Waals surface area contributed by atoms with Gasteiger partial charge in [0.1, 0.15) is 6.54 Å². The molecule has 0 radical (unpaired) electrons. The Kier molecular flexibility index (Phi) is 8.62. The van der Waals surface area contributed by atoms with Crippen molar-refractivity contribution in [3.05, 3.63) is 0 Å². The number of carboxylic acids is 1. The van der Waals surface area contributed by atoms with Gasteiger partial charge in [0.15, 0.2) is 0 Å². The first-order valence-corrected chi connectivity index (χ1v) is 7.44. The van der Waals surface area contributed by atoms with E-state index in [1.54, 1.807) is 11.8 Å². The summed E-state index contributed by atoms with van der Waals surface area (Å²) in [6.07, 6.45) is 0.735. The second kappa shape index (κ2) is 9.08. The number of aliphatic carboxylic acids is 1. The zero-order valence-corrected chi connectivity index (χ0v) is 12.4. The second-order valence-electron chi connectivity index (χ2n) is 4.29. The van der Waals surface area contributed by atoms with E-state index < -0.39 is 5.97 Å². The number of urea groups is 1. The molecule has 0 aliphatic rings. The van der Waals surface area contributed by atoms with E-state index in [9.17, 15) is 9.59 Å². The van der Waals surface area contributed by atoms with E-state index in [2.05, 4.69) is 12.2 Å². The Morgan fingerprint density at radius 1 is 1.33 bits per heavy atom. The number of carbonyl (C=O) groups excluding carboxylic acids is 1. The molecule has 2 unspecified atom stereocenters. The maximum Gasteiger partial charge on any atom is 0.323 e. The predicted octanol–water partition coefficient (Wildman–Crippen LogP) is 2.02. The SMILES string of the molecule is CCSCC(C)NC(=O)N(CC(=O)O)C(C)CC. The Labute approximate surface area is 113 Å². The fourth-order valence-corrected chi connectivity index (χ4v) is 2.10. The number of nitrogens with zero attached hydrogens (tertiary/aromatic N) is 1. The summed E-state index contributed by atoms with van der Waals surface area (Å²) in [5.74, 6) is 0.856. The minimum Gasteiger partial charge on any atom is -0.480 e. The Hall–Kier alpha value is -0.910. The first-order valence-electron chi connectivity index (χ1n) is 6.28. The van der Waals surface area contributed by atoms with Gasteiger partial charge in [-0.1, -0.05) is 13.8 Å². The number of hydrogen-bond acceptors (Lipinski definition) is 3. The lowest BCUT2D eigenvalue weighted by Crippen LogP contribution is -2.50. The molecule has 0 heterocycles. The summed E-state index contributed by atoms with van der Waals surface area (Å²) in [6, 6.07) is -0.328. The van der Waals surface area contributed by atoms with Crippen molar-refractivity contribution in [1.29, 1.82) is 0 Å². The molecule has 0 rings (SSSR count). The average molecular weight is 276 g/mol. The minimum absolute atomic E-state index is 0.0443. The number of hydrogen-bond donors (Lipinski definition) is 2. The lowest BCUT2D eigenvalue weighted by molar-refractivity contribution is -0.138. The molecule has 106 valence electrons. The molecule has 0 bridgehead atoms. The number of rotatable bonds is 8. The molecule has 2 atom stereocenters. The van der Waals surface area contributed by atoms with Crippen molar-refractivity contribution in [2.45, 2.75) is 46.2 Å². The average Bonchev–Trinajstić information content (AvgIpc) is 2.32. The van der Waals surface area contributed by atoms with Gasteiger partial charge >= 0.3 is 12.0 Å². The normalized spacial score (nSPS) is 13.8. The van der Waals surface area contributed by atoms with Gasteiger partial charge in [0.2, 0.25) is 0 Å². The Morgan fingerprint density at radius 3 is 2.39 bits per heavy atom. The van der Waals surface area contributed by atoms with Gasteiger partial charge in [0.25, 0.3) is 0 Å². The summed E-state index contributed by atoms with van der Waals surface area (Å²) < 4.78 is 0. The van der Waals surface area contributed by atoms with E-state index in [0.717, 1.165) is 17.9 Å². The van der Waals surface area contributed by atoms with Gasteiger partial charge in [-0.2, -0.15) is 11.8 Å². The predicted molar refractivity (Wildman–Crippen MR) is 75.1 cm³/mol. The highest BCUT2D eigenvalue weighted by molar-refractivity contribution is 7.99. The van der Waals surface area contributed by atoms with E-state index in [4.69, 9.17) is 5.11 Å². The van der Waals surface area contributed by atoms with Crippen LogP contribution in [0.2, 0.25) is 0 Å². The fraction of sp³-hybridized carbons (Fsp3) is 0.833. The van der Waals surface area contributed by atoms with Gasteiger partial charge < -0.3 is 15.3 Å². The molecular formula is C12H24N2O3S. The molecule has 0 aromatic rings.